The molecule has 0 unspecified atom stereocenters. The number of nitrogens with zero attached hydrogens (tertiary/aromatic N) is 2. The zero-order chi connectivity index (χ0) is 6.41. The molecule has 5 nitrogen and oxygen atoms in total. The number of carbonyl (C=O) groups is 1. The molecule has 0 bridgehead atoms. The number of hydrogen-bond acceptors (Lipinski definition) is 5. The number of carbonyl (C=O) groups excluding carboxylic acids is 1. The van der Waals surface area contributed by atoms with Crippen LogP contribution in [0.1, 0.15) is 0 Å². The summed E-state index contributed by atoms with van der Waals surface area (Å²) in [6.07, 6.45) is 0.743. The maximum absolute atomic E-state index is 9.75. The van der Waals surface area contributed by atoms with Gasteiger partial charge in [0.1, 0.15) is 0 Å². The number of ether oxygens (including phenoxy) is 2. The van der Waals surface area contributed by atoms with Crippen LogP contribution in [0.5, 0.6) is 0 Å². The predicted octanol–water partition coefficient (Wildman–Crippen LogP) is -1.20. The minimum atomic E-state index is -1.31. The van der Waals surface area contributed by atoms with Crippen molar-refractivity contribution in [2.45, 2.75) is 0 Å². The van der Waals surface area contributed by atoms with Gasteiger partial charge in [-0.3, -0.25) is 0 Å². The molecule has 44 valence electrons. The Morgan fingerprint density at radius 2 is 1.40 bits per heavy atom. The van der Waals surface area contributed by atoms with Crippen molar-refractivity contribution in [2.24, 2.45) is 0 Å². The van der Waals surface area contributed by atoms with Crippen LogP contribution in [0.4, 0.5) is 4.79 Å². The third-order valence-corrected chi connectivity index (χ3v) is 0.258. The molecule has 0 aliphatic heterocycles. The molecule has 0 saturated heterocycles. The molecule has 0 aliphatic carbocycles. The molecule has 0 radical (unpaired) electrons. The Kier molecular flexibility index (Phi) is 20.0. The molecule has 10 heavy (non-hydrogen) atoms. The van der Waals surface area contributed by atoms with Crippen molar-refractivity contribution in [1.29, 1.82) is 10.5 Å². The maximum atomic E-state index is 9.75. The van der Waals surface area contributed by atoms with Crippen LogP contribution in [0.2, 0.25) is 0 Å². The Hall–Kier alpha value is 0.250. The number of rotatable bonds is 0. The van der Waals surface area contributed by atoms with E-state index in [1.54, 1.807) is 0 Å². The second-order valence-electron chi connectivity index (χ2n) is 0.637. The van der Waals surface area contributed by atoms with E-state index in [9.17, 15) is 4.79 Å². The number of nitriles is 2. The van der Waals surface area contributed by atoms with Gasteiger partial charge in [0.05, 0.1) is 0 Å². The van der Waals surface area contributed by atoms with Crippen LogP contribution in [0, 0.1) is 23.0 Å². The van der Waals surface area contributed by atoms with Gasteiger partial charge < -0.3 is 9.47 Å². The van der Waals surface area contributed by atoms with Crippen LogP contribution in [-0.4, -0.2) is 65.3 Å². The van der Waals surface area contributed by atoms with E-state index < -0.39 is 6.16 Å². The molecule has 0 amide bonds. The van der Waals surface area contributed by atoms with Gasteiger partial charge in [0.25, 0.3) is 12.5 Å². The summed E-state index contributed by atoms with van der Waals surface area (Å²) in [5.74, 6) is 0. The average molecular weight is 160 g/mol. The molecule has 0 aromatic heterocycles. The Balaban J connectivity index is -0.000000245. The third-order valence-electron chi connectivity index (χ3n) is 0.258. The summed E-state index contributed by atoms with van der Waals surface area (Å²) in [6, 6.07) is 0. The zero-order valence-corrected chi connectivity index (χ0v) is 3.62. The molecular weight excluding hydrogens is 158 g/mol. The normalized spacial score (nSPS) is 4.60. The monoisotopic (exact) mass is 160 g/mol. The molecule has 0 saturated carbocycles. The van der Waals surface area contributed by atoms with Crippen molar-refractivity contribution in [3.8, 4) is 12.5 Å². The van der Waals surface area contributed by atoms with Gasteiger partial charge in [-0.15, -0.1) is 10.5 Å². The van der Waals surface area contributed by atoms with Crippen molar-refractivity contribution in [1.82, 2.24) is 0 Å². The first-order valence-electron chi connectivity index (χ1n) is 1.47. The summed E-state index contributed by atoms with van der Waals surface area (Å²) in [6.45, 7) is 0. The van der Waals surface area contributed by atoms with E-state index in [4.69, 9.17) is 10.5 Å². The van der Waals surface area contributed by atoms with Gasteiger partial charge >= 0.3 is 65.3 Å². The van der Waals surface area contributed by atoms with E-state index in [1.165, 1.54) is 0 Å². The molecule has 0 aromatic rings. The third kappa shape index (κ3) is 11.1. The van der Waals surface area contributed by atoms with Gasteiger partial charge in [0.2, 0.25) is 0 Å². The fraction of sp³-hybridized carbons (Fsp3) is 0. The molecule has 0 rings (SSSR count). The quantitative estimate of drug-likeness (QED) is 0.252. The van der Waals surface area contributed by atoms with Gasteiger partial charge in [0.15, 0.2) is 0 Å². The van der Waals surface area contributed by atoms with Gasteiger partial charge in [-0.2, -0.15) is 0 Å². The molecule has 0 fully saturated rings. The van der Waals surface area contributed by atoms with Crippen LogP contribution in [-0.2, 0) is 9.47 Å². The first-order chi connectivity index (χ1) is 3.81. The second-order valence-corrected chi connectivity index (χ2v) is 0.637. The zero-order valence-electron chi connectivity index (χ0n) is 3.62. The van der Waals surface area contributed by atoms with Crippen LogP contribution in [0.25, 0.3) is 0 Å². The summed E-state index contributed by atoms with van der Waals surface area (Å²) in [7, 11) is 0. The van der Waals surface area contributed by atoms with Gasteiger partial charge in [-0.1, -0.05) is 0 Å². The van der Waals surface area contributed by atoms with Crippen LogP contribution in [0.15, 0.2) is 0 Å². The summed E-state index contributed by atoms with van der Waals surface area (Å²) < 4.78 is 7.01. The van der Waals surface area contributed by atoms with E-state index in [2.05, 4.69) is 9.47 Å². The van der Waals surface area contributed by atoms with Crippen molar-refractivity contribution in [2.75, 3.05) is 0 Å². The van der Waals surface area contributed by atoms with Crippen molar-refractivity contribution >= 4 is 65.3 Å². The first-order valence-corrected chi connectivity index (χ1v) is 1.47. The van der Waals surface area contributed by atoms with Gasteiger partial charge in [-0.25, -0.2) is 4.79 Å². The van der Waals surface area contributed by atoms with E-state index in [0.717, 1.165) is 12.5 Å². The minimum absolute atomic E-state index is 0. The Bertz CT molecular complexity index is 152. The molecule has 0 heterocycles. The topological polar surface area (TPSA) is 83.1 Å². The van der Waals surface area contributed by atoms with E-state index in [1.807, 2.05) is 0 Å². The molecular formula is C3H2N2Na2O3. The van der Waals surface area contributed by atoms with Gasteiger partial charge in [0, 0.05) is 0 Å². The van der Waals surface area contributed by atoms with Crippen molar-refractivity contribution in [3.05, 3.63) is 0 Å². The first kappa shape index (κ1) is 16.7. The van der Waals surface area contributed by atoms with Crippen LogP contribution >= 0.6 is 0 Å². The average Bonchev–Trinajstić information content (AvgIpc) is 1.68. The Morgan fingerprint density at radius 1 is 1.10 bits per heavy atom. The van der Waals surface area contributed by atoms with Crippen molar-refractivity contribution in [3.63, 3.8) is 0 Å². The van der Waals surface area contributed by atoms with E-state index >= 15 is 0 Å². The predicted molar refractivity (Wildman–Crippen MR) is 33.1 cm³/mol. The van der Waals surface area contributed by atoms with E-state index in [-0.39, 0.29) is 59.1 Å². The molecule has 7 heteroatoms. The van der Waals surface area contributed by atoms with Crippen LogP contribution in [0.3, 0.4) is 0 Å². The number of hydrogen-bond donors (Lipinski definition) is 0. The molecule has 0 atom stereocenters. The summed E-state index contributed by atoms with van der Waals surface area (Å²) in [5, 5.41) is 15.2. The standard InChI is InChI=1S/C3N2O3.2Na.2H/c4-1-7-3(6)8-2-5;;;;. The van der Waals surface area contributed by atoms with Crippen LogP contribution < -0.4 is 0 Å². The molecule has 0 spiro atoms. The molecule has 0 N–H and O–H groups in total. The second kappa shape index (κ2) is 12.0. The van der Waals surface area contributed by atoms with Crippen molar-refractivity contribution < 1.29 is 14.3 Å². The van der Waals surface area contributed by atoms with E-state index in [0.29, 0.717) is 0 Å². The Morgan fingerprint density at radius 3 is 1.60 bits per heavy atom. The molecule has 0 aromatic carbocycles. The SMILES string of the molecule is N#COC(=O)OC#N.[NaH].[NaH]. The fourth-order valence-corrected chi connectivity index (χ4v) is 0.0954. The summed E-state index contributed by atoms with van der Waals surface area (Å²) in [5.41, 5.74) is 0. The summed E-state index contributed by atoms with van der Waals surface area (Å²) >= 11 is 0. The fourth-order valence-electron chi connectivity index (χ4n) is 0.0954. The van der Waals surface area contributed by atoms with Gasteiger partial charge in [-0.05, 0) is 0 Å². The summed E-state index contributed by atoms with van der Waals surface area (Å²) in [4.78, 5) is 9.75. The Labute approximate surface area is 101 Å². The molecule has 0 aliphatic rings.